The van der Waals surface area contributed by atoms with Crippen molar-refractivity contribution in [3.8, 4) is 0 Å². The molecule has 0 unspecified atom stereocenters. The molecule has 1 saturated heterocycles. The Labute approximate surface area is 91.5 Å². The van der Waals surface area contributed by atoms with E-state index in [0.29, 0.717) is 25.4 Å². The van der Waals surface area contributed by atoms with Gasteiger partial charge in [0.15, 0.2) is 0 Å². The maximum atomic E-state index is 11.6. The Hall–Kier alpha value is -0.570. The van der Waals surface area contributed by atoms with Crippen molar-refractivity contribution in [3.63, 3.8) is 0 Å². The lowest BCUT2D eigenvalue weighted by atomic mass is 9.88. The van der Waals surface area contributed by atoms with E-state index in [2.05, 4.69) is 6.92 Å². The van der Waals surface area contributed by atoms with Crippen LogP contribution in [0.15, 0.2) is 0 Å². The fourth-order valence-electron chi connectivity index (χ4n) is 2.35. The second-order valence-electron chi connectivity index (χ2n) is 5.08. The van der Waals surface area contributed by atoms with Gasteiger partial charge in [0.2, 0.25) is 5.91 Å². The number of likely N-dealkylation sites (tertiary alicyclic amines) is 1. The van der Waals surface area contributed by atoms with Crippen molar-refractivity contribution in [1.82, 2.24) is 4.90 Å². The van der Waals surface area contributed by atoms with Crippen LogP contribution in [-0.2, 0) is 4.79 Å². The van der Waals surface area contributed by atoms with Crippen LogP contribution in [0.4, 0.5) is 0 Å². The Morgan fingerprint density at radius 1 is 1.40 bits per heavy atom. The van der Waals surface area contributed by atoms with Gasteiger partial charge in [-0.1, -0.05) is 19.8 Å². The van der Waals surface area contributed by atoms with Crippen molar-refractivity contribution in [2.45, 2.75) is 51.0 Å². The number of aliphatic hydroxyl groups is 1. The first kappa shape index (κ1) is 10.9. The van der Waals surface area contributed by atoms with E-state index in [1.54, 1.807) is 0 Å². The van der Waals surface area contributed by atoms with Gasteiger partial charge in [-0.3, -0.25) is 4.79 Å². The SMILES string of the molecule is CCCCCC(=O)N1CC(O)(C2CC2)C1. The van der Waals surface area contributed by atoms with Crippen LogP contribution in [0.25, 0.3) is 0 Å². The highest BCUT2D eigenvalue weighted by Gasteiger charge is 2.52. The van der Waals surface area contributed by atoms with Crippen molar-refractivity contribution in [1.29, 1.82) is 0 Å². The molecule has 0 aromatic heterocycles. The van der Waals surface area contributed by atoms with E-state index < -0.39 is 5.60 Å². The molecule has 1 saturated carbocycles. The normalized spacial score (nSPS) is 23.7. The van der Waals surface area contributed by atoms with Gasteiger partial charge >= 0.3 is 0 Å². The summed E-state index contributed by atoms with van der Waals surface area (Å²) in [5, 5.41) is 10.0. The summed E-state index contributed by atoms with van der Waals surface area (Å²) in [6, 6.07) is 0. The molecule has 2 aliphatic rings. The number of carbonyl (C=O) groups is 1. The van der Waals surface area contributed by atoms with Crippen LogP contribution >= 0.6 is 0 Å². The van der Waals surface area contributed by atoms with Crippen molar-refractivity contribution >= 4 is 5.91 Å². The first-order valence-electron chi connectivity index (χ1n) is 6.16. The first-order chi connectivity index (χ1) is 7.15. The highest BCUT2D eigenvalue weighted by Crippen LogP contribution is 2.44. The van der Waals surface area contributed by atoms with Crippen LogP contribution < -0.4 is 0 Å². The predicted octanol–water partition coefficient (Wildman–Crippen LogP) is 1.55. The maximum Gasteiger partial charge on any atom is 0.222 e. The van der Waals surface area contributed by atoms with E-state index in [1.165, 1.54) is 0 Å². The molecule has 2 fully saturated rings. The van der Waals surface area contributed by atoms with Crippen LogP contribution in [0.2, 0.25) is 0 Å². The Balaban J connectivity index is 1.67. The molecule has 2 rings (SSSR count). The number of hydrogen-bond donors (Lipinski definition) is 1. The smallest absolute Gasteiger partial charge is 0.222 e. The van der Waals surface area contributed by atoms with Crippen LogP contribution in [0, 0.1) is 5.92 Å². The molecule has 0 aromatic carbocycles. The fourth-order valence-corrected chi connectivity index (χ4v) is 2.35. The Bertz CT molecular complexity index is 242. The lowest BCUT2D eigenvalue weighted by molar-refractivity contribution is -0.159. The zero-order valence-corrected chi connectivity index (χ0v) is 9.54. The molecular weight excluding hydrogens is 190 g/mol. The second kappa shape index (κ2) is 4.12. The highest BCUT2D eigenvalue weighted by molar-refractivity contribution is 5.77. The summed E-state index contributed by atoms with van der Waals surface area (Å²) in [5.41, 5.74) is -0.513. The van der Waals surface area contributed by atoms with Crippen LogP contribution in [0.5, 0.6) is 0 Å². The number of hydrogen-bond acceptors (Lipinski definition) is 2. The highest BCUT2D eigenvalue weighted by atomic mass is 16.3. The van der Waals surface area contributed by atoms with Crippen molar-refractivity contribution in [2.24, 2.45) is 5.92 Å². The zero-order chi connectivity index (χ0) is 10.9. The van der Waals surface area contributed by atoms with E-state index >= 15 is 0 Å². The van der Waals surface area contributed by atoms with E-state index in [9.17, 15) is 9.90 Å². The van der Waals surface area contributed by atoms with Crippen molar-refractivity contribution in [3.05, 3.63) is 0 Å². The molecule has 0 aromatic rings. The lowest BCUT2D eigenvalue weighted by Gasteiger charge is -2.47. The minimum atomic E-state index is -0.513. The van der Waals surface area contributed by atoms with Crippen LogP contribution in [0.3, 0.4) is 0 Å². The number of nitrogens with zero attached hydrogens (tertiary/aromatic N) is 1. The summed E-state index contributed by atoms with van der Waals surface area (Å²) < 4.78 is 0. The average Bonchev–Trinajstić information content (AvgIpc) is 2.96. The molecular formula is C12H21NO2. The number of carbonyl (C=O) groups excluding carboxylic acids is 1. The van der Waals surface area contributed by atoms with E-state index in [0.717, 1.165) is 32.1 Å². The monoisotopic (exact) mass is 211 g/mol. The fraction of sp³-hybridized carbons (Fsp3) is 0.917. The summed E-state index contributed by atoms with van der Waals surface area (Å²) in [6.45, 7) is 3.31. The molecule has 3 nitrogen and oxygen atoms in total. The Morgan fingerprint density at radius 3 is 2.60 bits per heavy atom. The van der Waals surface area contributed by atoms with Gasteiger partial charge < -0.3 is 10.0 Å². The molecule has 1 heterocycles. The van der Waals surface area contributed by atoms with Gasteiger partial charge in [-0.15, -0.1) is 0 Å². The first-order valence-corrected chi connectivity index (χ1v) is 6.16. The summed E-state index contributed by atoms with van der Waals surface area (Å²) in [5.74, 6) is 0.714. The predicted molar refractivity (Wildman–Crippen MR) is 58.4 cm³/mol. The number of unbranched alkanes of at least 4 members (excludes halogenated alkanes) is 2. The maximum absolute atomic E-state index is 11.6. The van der Waals surface area contributed by atoms with Crippen molar-refractivity contribution < 1.29 is 9.90 Å². The Morgan fingerprint density at radius 2 is 2.07 bits per heavy atom. The topological polar surface area (TPSA) is 40.5 Å². The zero-order valence-electron chi connectivity index (χ0n) is 9.54. The largest absolute Gasteiger partial charge is 0.386 e. The quantitative estimate of drug-likeness (QED) is 0.701. The molecule has 15 heavy (non-hydrogen) atoms. The minimum absolute atomic E-state index is 0.230. The third-order valence-electron chi connectivity index (χ3n) is 3.61. The summed E-state index contributed by atoms with van der Waals surface area (Å²) >= 11 is 0. The van der Waals surface area contributed by atoms with Crippen molar-refractivity contribution in [2.75, 3.05) is 13.1 Å². The third kappa shape index (κ3) is 2.33. The summed E-state index contributed by atoms with van der Waals surface area (Å²) in [4.78, 5) is 13.5. The van der Waals surface area contributed by atoms with Crippen LogP contribution in [0.1, 0.15) is 45.4 Å². The van der Waals surface area contributed by atoms with Crippen LogP contribution in [-0.4, -0.2) is 34.6 Å². The molecule has 0 radical (unpaired) electrons. The molecule has 0 bridgehead atoms. The molecule has 1 amide bonds. The summed E-state index contributed by atoms with van der Waals surface area (Å²) in [6.07, 6.45) is 6.23. The Kier molecular flexibility index (Phi) is 3.01. The molecule has 0 atom stereocenters. The molecule has 1 N–H and O–H groups in total. The van der Waals surface area contributed by atoms with Gasteiger partial charge in [0.05, 0.1) is 13.1 Å². The van der Waals surface area contributed by atoms with E-state index in [1.807, 2.05) is 4.90 Å². The van der Waals surface area contributed by atoms with E-state index in [4.69, 9.17) is 0 Å². The molecule has 0 spiro atoms. The molecule has 86 valence electrons. The van der Waals surface area contributed by atoms with Gasteiger partial charge in [0, 0.05) is 6.42 Å². The number of rotatable bonds is 5. The van der Waals surface area contributed by atoms with E-state index in [-0.39, 0.29) is 5.91 Å². The number of β-amino-alcohol motifs (C(OH)–C–C–N with tert-alkyl or cyclic N) is 1. The van der Waals surface area contributed by atoms with Gasteiger partial charge in [-0.05, 0) is 25.2 Å². The lowest BCUT2D eigenvalue weighted by Crippen LogP contribution is -2.64. The van der Waals surface area contributed by atoms with Gasteiger partial charge in [-0.25, -0.2) is 0 Å². The van der Waals surface area contributed by atoms with Gasteiger partial charge in [-0.2, -0.15) is 0 Å². The third-order valence-corrected chi connectivity index (χ3v) is 3.61. The molecule has 1 aliphatic carbocycles. The average molecular weight is 211 g/mol. The minimum Gasteiger partial charge on any atom is -0.386 e. The summed E-state index contributed by atoms with van der Waals surface area (Å²) in [7, 11) is 0. The second-order valence-corrected chi connectivity index (χ2v) is 5.08. The molecule has 1 aliphatic heterocycles. The number of amides is 1. The molecule has 3 heteroatoms. The van der Waals surface area contributed by atoms with Gasteiger partial charge in [0.25, 0.3) is 0 Å². The standard InChI is InChI=1S/C12H21NO2/c1-2-3-4-5-11(14)13-8-12(15,9-13)10-6-7-10/h10,15H,2-9H2,1H3. The van der Waals surface area contributed by atoms with Gasteiger partial charge in [0.1, 0.15) is 5.60 Å².